The highest BCUT2D eigenvalue weighted by Crippen LogP contribution is 2.38. The third kappa shape index (κ3) is 6.44. The summed E-state index contributed by atoms with van der Waals surface area (Å²) in [5, 5.41) is 92.4. The summed E-state index contributed by atoms with van der Waals surface area (Å²) in [6.07, 6.45) is -18.4. The van der Waals surface area contributed by atoms with Crippen LogP contribution >= 0.6 is 0 Å². The predicted octanol–water partition coefficient (Wildman–Crippen LogP) is -3.54. The van der Waals surface area contributed by atoms with Crippen LogP contribution in [0.4, 0.5) is 5.69 Å². The van der Waals surface area contributed by atoms with E-state index in [1.165, 1.54) is 12.1 Å². The number of aliphatic hydroxyl groups is 7. The van der Waals surface area contributed by atoms with Crippen molar-refractivity contribution in [3.63, 3.8) is 0 Å². The van der Waals surface area contributed by atoms with Crippen molar-refractivity contribution in [1.29, 1.82) is 0 Å². The van der Waals surface area contributed by atoms with Crippen LogP contribution in [0.5, 0.6) is 5.75 Å². The smallest absolute Gasteiger partial charge is 0.364 e. The summed E-state index contributed by atoms with van der Waals surface area (Å²) < 4.78 is 27.0. The number of carboxylic acids is 1. The fourth-order valence-corrected chi connectivity index (χ4v) is 4.38. The number of carboxylic acid groups (broad SMARTS) is 1. The zero-order chi connectivity index (χ0) is 29.1. The Bertz CT molecular complexity index is 979. The lowest BCUT2D eigenvalue weighted by atomic mass is 9.90. The van der Waals surface area contributed by atoms with Gasteiger partial charge in [-0.3, -0.25) is 10.1 Å². The number of nitrogens with zero attached hydrogens (tertiary/aromatic N) is 1. The predicted molar refractivity (Wildman–Crippen MR) is 122 cm³/mol. The van der Waals surface area contributed by atoms with Gasteiger partial charge in [0.2, 0.25) is 6.29 Å². The first-order chi connectivity index (χ1) is 18.4. The van der Waals surface area contributed by atoms with Crippen LogP contribution in [0.3, 0.4) is 0 Å². The molecule has 0 spiro atoms. The van der Waals surface area contributed by atoms with Crippen LogP contribution in [-0.2, 0) is 23.7 Å². The molecule has 11 atom stereocenters. The van der Waals surface area contributed by atoms with E-state index in [4.69, 9.17) is 23.7 Å². The first-order valence-corrected chi connectivity index (χ1v) is 11.7. The number of hydrogen-bond donors (Lipinski definition) is 8. The van der Waals surface area contributed by atoms with Crippen LogP contribution in [-0.4, -0.2) is 139 Å². The zero-order valence-corrected chi connectivity index (χ0v) is 20.5. The highest BCUT2D eigenvalue weighted by atomic mass is 16.8. The number of benzene rings is 1. The maximum atomic E-state index is 12.4. The highest BCUT2D eigenvalue weighted by Gasteiger charge is 2.59. The Kier molecular flexibility index (Phi) is 10.1. The summed E-state index contributed by atoms with van der Waals surface area (Å²) in [5.74, 6) is -4.74. The molecule has 2 heterocycles. The minimum atomic E-state index is -2.85. The van der Waals surface area contributed by atoms with Crippen LogP contribution in [0.2, 0.25) is 0 Å². The fraction of sp³-hybridized carbons (Fsp3) is 0.682. The van der Waals surface area contributed by atoms with Gasteiger partial charge in [0.25, 0.3) is 11.5 Å². The molecule has 0 saturated carbocycles. The molecule has 220 valence electrons. The first-order valence-electron chi connectivity index (χ1n) is 11.7. The van der Waals surface area contributed by atoms with E-state index >= 15 is 0 Å². The molecule has 0 bridgehead atoms. The molecule has 1 aromatic carbocycles. The Morgan fingerprint density at radius 2 is 1.79 bits per heavy atom. The van der Waals surface area contributed by atoms with E-state index in [0.717, 1.165) is 19.2 Å². The molecular formula is C22H31NO16. The highest BCUT2D eigenvalue weighted by molar-refractivity contribution is 5.76. The lowest BCUT2D eigenvalue weighted by Crippen LogP contribution is -2.68. The van der Waals surface area contributed by atoms with E-state index < -0.39 is 97.5 Å². The summed E-state index contributed by atoms with van der Waals surface area (Å²) in [4.78, 5) is 22.6. The van der Waals surface area contributed by atoms with Gasteiger partial charge in [-0.25, -0.2) is 4.79 Å². The van der Waals surface area contributed by atoms with Gasteiger partial charge in [0.1, 0.15) is 54.6 Å². The van der Waals surface area contributed by atoms with Crippen LogP contribution in [0.25, 0.3) is 0 Å². The molecule has 0 amide bonds. The van der Waals surface area contributed by atoms with E-state index in [0.29, 0.717) is 0 Å². The summed E-state index contributed by atoms with van der Waals surface area (Å²) in [5.41, 5.74) is -0.258. The average molecular weight is 565 g/mol. The molecule has 39 heavy (non-hydrogen) atoms. The number of hydrogen-bond acceptors (Lipinski definition) is 15. The quantitative estimate of drug-likeness (QED) is 0.0953. The maximum Gasteiger partial charge on any atom is 0.364 e. The molecule has 1 aromatic rings. The molecule has 2 aliphatic heterocycles. The first kappa shape index (κ1) is 31.0. The molecule has 0 aliphatic carbocycles. The van der Waals surface area contributed by atoms with Crippen molar-refractivity contribution in [3.05, 3.63) is 34.4 Å². The van der Waals surface area contributed by atoms with Crippen molar-refractivity contribution in [2.24, 2.45) is 0 Å². The Morgan fingerprint density at radius 1 is 1.15 bits per heavy atom. The van der Waals surface area contributed by atoms with Crippen LogP contribution in [0.15, 0.2) is 24.3 Å². The molecule has 3 rings (SSSR count). The van der Waals surface area contributed by atoms with Gasteiger partial charge in [0.15, 0.2) is 0 Å². The number of carbonyl (C=O) groups is 1. The third-order valence-corrected chi connectivity index (χ3v) is 6.47. The zero-order valence-electron chi connectivity index (χ0n) is 20.5. The number of methoxy groups -OCH3 is 1. The normalized spacial score (nSPS) is 36.6. The van der Waals surface area contributed by atoms with Crippen molar-refractivity contribution < 1.29 is 74.3 Å². The molecule has 0 aromatic heterocycles. The van der Waals surface area contributed by atoms with Crippen molar-refractivity contribution in [3.8, 4) is 5.75 Å². The summed E-state index contributed by atoms with van der Waals surface area (Å²) >= 11 is 0. The molecule has 0 radical (unpaired) electrons. The van der Waals surface area contributed by atoms with E-state index in [1.54, 1.807) is 0 Å². The van der Waals surface area contributed by atoms with Gasteiger partial charge >= 0.3 is 5.97 Å². The molecule has 0 unspecified atom stereocenters. The molecule has 2 aliphatic rings. The molecule has 2 saturated heterocycles. The monoisotopic (exact) mass is 565 g/mol. The number of nitro benzene ring substituents is 1. The SMILES string of the molecule is CO[C@H]1[C@H]([C@H](O)[C@H](O)CO)O[C@@](O[C@H]2[C@@H](O)[C@@H](CO)O[C@@H](Oc3ccc([N+](=O)[O-])cc3)[C@@H]2O)(C(=O)O)C[C@@H]1O. The lowest BCUT2D eigenvalue weighted by Gasteiger charge is -2.49. The van der Waals surface area contributed by atoms with E-state index in [1.807, 2.05) is 0 Å². The lowest BCUT2D eigenvalue weighted by molar-refractivity contribution is -0.384. The third-order valence-electron chi connectivity index (χ3n) is 6.47. The van der Waals surface area contributed by atoms with Gasteiger partial charge in [0, 0.05) is 25.7 Å². The van der Waals surface area contributed by atoms with E-state index in [-0.39, 0.29) is 11.4 Å². The summed E-state index contributed by atoms with van der Waals surface area (Å²) in [6.45, 7) is -1.79. The van der Waals surface area contributed by atoms with E-state index in [2.05, 4.69) is 0 Å². The van der Waals surface area contributed by atoms with Crippen LogP contribution in [0, 0.1) is 10.1 Å². The van der Waals surface area contributed by atoms with Gasteiger partial charge in [-0.2, -0.15) is 0 Å². The second-order valence-corrected chi connectivity index (χ2v) is 9.01. The number of aliphatic hydroxyl groups excluding tert-OH is 7. The summed E-state index contributed by atoms with van der Waals surface area (Å²) in [7, 11) is 1.12. The van der Waals surface area contributed by atoms with Crippen molar-refractivity contribution in [2.75, 3.05) is 20.3 Å². The molecular weight excluding hydrogens is 534 g/mol. The maximum absolute atomic E-state index is 12.4. The largest absolute Gasteiger partial charge is 0.477 e. The Labute approximate surface area is 220 Å². The molecule has 2 fully saturated rings. The van der Waals surface area contributed by atoms with Crippen molar-refractivity contribution in [2.45, 2.75) is 73.4 Å². The fourth-order valence-electron chi connectivity index (χ4n) is 4.38. The standard InChI is InChI=1S/C22H31NO16/c1-35-17-11(26)6-22(21(31)32,39-19(17)14(28)12(27)7-24)38-18-15(29)13(8-25)37-20(16(18)30)36-10-4-2-9(3-5-10)23(33)34/h2-5,11-20,24-30H,6-8H2,1H3,(H,31,32)/t11-,12+,13+,14+,15-,16+,17+,18-,19-,20+,22+/m0/s1. The second kappa shape index (κ2) is 12.7. The number of aliphatic carboxylic acids is 1. The average Bonchev–Trinajstić information content (AvgIpc) is 2.91. The molecule has 8 N–H and O–H groups in total. The molecule has 17 heteroatoms. The topological polar surface area (TPSA) is 268 Å². The Balaban J connectivity index is 1.91. The number of non-ortho nitro benzene ring substituents is 1. The Morgan fingerprint density at radius 3 is 2.31 bits per heavy atom. The van der Waals surface area contributed by atoms with Gasteiger partial charge in [0.05, 0.1) is 24.2 Å². The summed E-state index contributed by atoms with van der Waals surface area (Å²) in [6, 6.07) is 4.58. The van der Waals surface area contributed by atoms with Gasteiger partial charge in [-0.05, 0) is 12.1 Å². The van der Waals surface area contributed by atoms with Gasteiger partial charge in [-0.1, -0.05) is 0 Å². The number of rotatable bonds is 11. The second-order valence-electron chi connectivity index (χ2n) is 9.01. The Hall–Kier alpha value is -2.55. The minimum Gasteiger partial charge on any atom is -0.477 e. The minimum absolute atomic E-state index is 0.0297. The van der Waals surface area contributed by atoms with E-state index in [9.17, 15) is 55.8 Å². The number of nitro groups is 1. The van der Waals surface area contributed by atoms with Crippen LogP contribution < -0.4 is 4.74 Å². The van der Waals surface area contributed by atoms with Crippen LogP contribution in [0.1, 0.15) is 6.42 Å². The number of ether oxygens (including phenoxy) is 5. The molecule has 17 nitrogen and oxygen atoms in total. The van der Waals surface area contributed by atoms with Gasteiger partial charge < -0.3 is 64.5 Å². The van der Waals surface area contributed by atoms with Gasteiger partial charge in [-0.15, -0.1) is 0 Å². The van der Waals surface area contributed by atoms with Crippen molar-refractivity contribution >= 4 is 11.7 Å². The van der Waals surface area contributed by atoms with Crippen molar-refractivity contribution in [1.82, 2.24) is 0 Å².